The first kappa shape index (κ1) is 12.7. The summed E-state index contributed by atoms with van der Waals surface area (Å²) in [6, 6.07) is 0.168. The van der Waals surface area contributed by atoms with Crippen molar-refractivity contribution in [3.63, 3.8) is 0 Å². The SMILES string of the molecule is CC(C)CCNc1nccn(C(C)C)c1=O. The van der Waals surface area contributed by atoms with Crippen molar-refractivity contribution in [1.29, 1.82) is 0 Å². The van der Waals surface area contributed by atoms with Gasteiger partial charge in [0.2, 0.25) is 0 Å². The lowest BCUT2D eigenvalue weighted by molar-refractivity contribution is 0.572. The average Bonchev–Trinajstić information content (AvgIpc) is 2.19. The molecular formula is C12H21N3O. The van der Waals surface area contributed by atoms with Gasteiger partial charge in [-0.25, -0.2) is 4.98 Å². The molecule has 1 N–H and O–H groups in total. The molecule has 0 atom stereocenters. The molecule has 0 amide bonds. The topological polar surface area (TPSA) is 46.9 Å². The van der Waals surface area contributed by atoms with Crippen molar-refractivity contribution < 1.29 is 0 Å². The summed E-state index contributed by atoms with van der Waals surface area (Å²) in [7, 11) is 0. The van der Waals surface area contributed by atoms with Gasteiger partial charge >= 0.3 is 0 Å². The van der Waals surface area contributed by atoms with Gasteiger partial charge in [-0.2, -0.15) is 0 Å². The number of hydrogen-bond acceptors (Lipinski definition) is 3. The summed E-state index contributed by atoms with van der Waals surface area (Å²) in [5.74, 6) is 1.08. The van der Waals surface area contributed by atoms with E-state index in [2.05, 4.69) is 24.1 Å². The van der Waals surface area contributed by atoms with Crippen LogP contribution in [-0.2, 0) is 0 Å². The molecule has 1 rings (SSSR count). The Morgan fingerprint density at radius 2 is 2.06 bits per heavy atom. The van der Waals surface area contributed by atoms with Gasteiger partial charge in [-0.05, 0) is 26.2 Å². The molecule has 1 aromatic heterocycles. The van der Waals surface area contributed by atoms with Gasteiger partial charge in [0, 0.05) is 25.0 Å². The highest BCUT2D eigenvalue weighted by Crippen LogP contribution is 2.03. The Morgan fingerprint density at radius 3 is 2.62 bits per heavy atom. The molecule has 0 radical (unpaired) electrons. The minimum absolute atomic E-state index is 0.0405. The van der Waals surface area contributed by atoms with Crippen LogP contribution < -0.4 is 10.9 Å². The van der Waals surface area contributed by atoms with Crippen LogP contribution in [-0.4, -0.2) is 16.1 Å². The van der Waals surface area contributed by atoms with Gasteiger partial charge in [0.05, 0.1) is 0 Å². The largest absolute Gasteiger partial charge is 0.365 e. The minimum atomic E-state index is -0.0405. The van der Waals surface area contributed by atoms with E-state index in [1.165, 1.54) is 0 Å². The maximum Gasteiger partial charge on any atom is 0.293 e. The van der Waals surface area contributed by atoms with Gasteiger partial charge in [0.15, 0.2) is 5.82 Å². The lowest BCUT2D eigenvalue weighted by Crippen LogP contribution is -2.26. The molecule has 0 fully saturated rings. The molecule has 0 aliphatic rings. The van der Waals surface area contributed by atoms with Gasteiger partial charge in [0.25, 0.3) is 5.56 Å². The van der Waals surface area contributed by atoms with Crippen LogP contribution in [0, 0.1) is 5.92 Å². The number of hydrogen-bond donors (Lipinski definition) is 1. The standard InChI is InChI=1S/C12H21N3O/c1-9(2)5-6-13-11-12(16)15(10(3)4)8-7-14-11/h7-10H,5-6H2,1-4H3,(H,13,14). The van der Waals surface area contributed by atoms with E-state index >= 15 is 0 Å². The number of rotatable bonds is 5. The summed E-state index contributed by atoms with van der Waals surface area (Å²) in [6.45, 7) is 9.08. The number of anilines is 1. The van der Waals surface area contributed by atoms with E-state index in [9.17, 15) is 4.79 Å². The van der Waals surface area contributed by atoms with Gasteiger partial charge < -0.3 is 9.88 Å². The second kappa shape index (κ2) is 5.68. The maximum atomic E-state index is 11.9. The predicted molar refractivity (Wildman–Crippen MR) is 66.8 cm³/mol. The molecule has 0 saturated carbocycles. The van der Waals surface area contributed by atoms with Crippen LogP contribution in [0.15, 0.2) is 17.2 Å². The molecule has 0 saturated heterocycles. The molecule has 0 aliphatic carbocycles. The molecule has 4 heteroatoms. The second-order valence-corrected chi connectivity index (χ2v) is 4.69. The summed E-state index contributed by atoms with van der Waals surface area (Å²) in [6.07, 6.45) is 4.43. The fourth-order valence-corrected chi connectivity index (χ4v) is 1.43. The van der Waals surface area contributed by atoms with E-state index < -0.39 is 0 Å². The molecule has 1 aromatic rings. The van der Waals surface area contributed by atoms with Crippen LogP contribution >= 0.6 is 0 Å². The van der Waals surface area contributed by atoms with Crippen molar-refractivity contribution in [1.82, 2.24) is 9.55 Å². The number of aromatic nitrogens is 2. The molecule has 16 heavy (non-hydrogen) atoms. The van der Waals surface area contributed by atoms with Crippen LogP contribution in [0.3, 0.4) is 0 Å². The first-order chi connectivity index (χ1) is 7.52. The minimum Gasteiger partial charge on any atom is -0.365 e. The zero-order chi connectivity index (χ0) is 12.1. The molecular weight excluding hydrogens is 202 g/mol. The fraction of sp³-hybridized carbons (Fsp3) is 0.667. The first-order valence-corrected chi connectivity index (χ1v) is 5.83. The highest BCUT2D eigenvalue weighted by atomic mass is 16.1. The number of nitrogens with zero attached hydrogens (tertiary/aromatic N) is 2. The normalized spacial score (nSPS) is 11.1. The monoisotopic (exact) mass is 223 g/mol. The van der Waals surface area contributed by atoms with Crippen LogP contribution in [0.4, 0.5) is 5.82 Å². The van der Waals surface area contributed by atoms with E-state index in [4.69, 9.17) is 0 Å². The summed E-state index contributed by atoms with van der Waals surface area (Å²) in [4.78, 5) is 16.0. The highest BCUT2D eigenvalue weighted by molar-refractivity contribution is 5.30. The molecule has 90 valence electrons. The van der Waals surface area contributed by atoms with Gasteiger partial charge in [-0.15, -0.1) is 0 Å². The van der Waals surface area contributed by atoms with E-state index in [1.807, 2.05) is 13.8 Å². The molecule has 0 aliphatic heterocycles. The van der Waals surface area contributed by atoms with E-state index in [0.29, 0.717) is 11.7 Å². The van der Waals surface area contributed by atoms with Gasteiger partial charge in [0.1, 0.15) is 0 Å². The fourth-order valence-electron chi connectivity index (χ4n) is 1.43. The van der Waals surface area contributed by atoms with Crippen molar-refractivity contribution in [2.45, 2.75) is 40.2 Å². The van der Waals surface area contributed by atoms with E-state index in [0.717, 1.165) is 13.0 Å². The summed E-state index contributed by atoms with van der Waals surface area (Å²) < 4.78 is 1.69. The molecule has 0 bridgehead atoms. The first-order valence-electron chi connectivity index (χ1n) is 5.83. The van der Waals surface area contributed by atoms with Crippen LogP contribution in [0.5, 0.6) is 0 Å². The van der Waals surface area contributed by atoms with Crippen molar-refractivity contribution in [2.24, 2.45) is 5.92 Å². The zero-order valence-electron chi connectivity index (χ0n) is 10.5. The Morgan fingerprint density at radius 1 is 1.38 bits per heavy atom. The van der Waals surface area contributed by atoms with Crippen LogP contribution in [0.25, 0.3) is 0 Å². The smallest absolute Gasteiger partial charge is 0.293 e. The third kappa shape index (κ3) is 3.36. The summed E-state index contributed by atoms with van der Waals surface area (Å²) in [5, 5.41) is 3.10. The Balaban J connectivity index is 2.74. The average molecular weight is 223 g/mol. The Bertz CT molecular complexity index is 382. The molecule has 0 spiro atoms. The van der Waals surface area contributed by atoms with Crippen molar-refractivity contribution in [3.05, 3.63) is 22.7 Å². The lowest BCUT2D eigenvalue weighted by Gasteiger charge is -2.12. The van der Waals surface area contributed by atoms with Crippen molar-refractivity contribution in [2.75, 3.05) is 11.9 Å². The van der Waals surface area contributed by atoms with Crippen LogP contribution in [0.2, 0.25) is 0 Å². The third-order valence-corrected chi connectivity index (χ3v) is 2.44. The van der Waals surface area contributed by atoms with Gasteiger partial charge in [-0.1, -0.05) is 13.8 Å². The molecule has 0 unspecified atom stereocenters. The maximum absolute atomic E-state index is 11.9. The van der Waals surface area contributed by atoms with Gasteiger partial charge in [-0.3, -0.25) is 4.79 Å². The zero-order valence-corrected chi connectivity index (χ0v) is 10.5. The molecule has 1 heterocycles. The highest BCUT2D eigenvalue weighted by Gasteiger charge is 2.06. The Hall–Kier alpha value is -1.32. The summed E-state index contributed by atoms with van der Waals surface area (Å²) in [5.41, 5.74) is -0.0405. The van der Waals surface area contributed by atoms with Crippen molar-refractivity contribution >= 4 is 5.82 Å². The number of nitrogens with one attached hydrogen (secondary N) is 1. The Kier molecular flexibility index (Phi) is 4.52. The lowest BCUT2D eigenvalue weighted by atomic mass is 10.1. The second-order valence-electron chi connectivity index (χ2n) is 4.69. The van der Waals surface area contributed by atoms with Crippen molar-refractivity contribution in [3.8, 4) is 0 Å². The summed E-state index contributed by atoms with van der Waals surface area (Å²) >= 11 is 0. The predicted octanol–water partition coefficient (Wildman–Crippen LogP) is 2.28. The van der Waals surface area contributed by atoms with E-state index in [-0.39, 0.29) is 11.6 Å². The van der Waals surface area contributed by atoms with Crippen LogP contribution in [0.1, 0.15) is 40.2 Å². The third-order valence-electron chi connectivity index (χ3n) is 2.44. The van der Waals surface area contributed by atoms with E-state index in [1.54, 1.807) is 17.0 Å². The molecule has 0 aromatic carbocycles. The Labute approximate surface area is 96.7 Å². The molecule has 4 nitrogen and oxygen atoms in total. The quantitative estimate of drug-likeness (QED) is 0.833.